The monoisotopic (exact) mass is 339 g/mol. The van der Waals surface area contributed by atoms with Crippen molar-refractivity contribution >= 4 is 17.7 Å². The van der Waals surface area contributed by atoms with Gasteiger partial charge in [0.15, 0.2) is 0 Å². The number of fused-ring (bicyclic) bond motifs is 1. The Bertz CT molecular complexity index is 748. The van der Waals surface area contributed by atoms with Gasteiger partial charge in [0.1, 0.15) is 0 Å². The van der Waals surface area contributed by atoms with Gasteiger partial charge >= 0.3 is 5.97 Å². The fourth-order valence-electron chi connectivity index (χ4n) is 3.98. The van der Waals surface area contributed by atoms with Gasteiger partial charge in [-0.15, -0.1) is 0 Å². The minimum absolute atomic E-state index is 0.0837. The van der Waals surface area contributed by atoms with E-state index < -0.39 is 5.97 Å². The summed E-state index contributed by atoms with van der Waals surface area (Å²) in [6.45, 7) is 0. The number of benzene rings is 1. The average Bonchev–Trinajstić information content (AvgIpc) is 3.09. The van der Waals surface area contributed by atoms with Crippen molar-refractivity contribution in [3.8, 4) is 0 Å². The number of aliphatic hydroxyl groups is 1. The summed E-state index contributed by atoms with van der Waals surface area (Å²) in [4.78, 5) is 13.5. The Morgan fingerprint density at radius 3 is 2.80 bits per heavy atom. The fraction of sp³-hybridized carbons (Fsp3) is 0.421. The number of hydrogen-bond donors (Lipinski definition) is 2. The van der Waals surface area contributed by atoms with Crippen molar-refractivity contribution in [2.75, 3.05) is 0 Å². The minimum atomic E-state index is -0.765. The van der Waals surface area contributed by atoms with Crippen molar-refractivity contribution in [2.45, 2.75) is 31.8 Å². The van der Waals surface area contributed by atoms with Crippen LogP contribution in [0.2, 0.25) is 0 Å². The Hall–Kier alpha value is -2.56. The molecule has 6 heteroatoms. The van der Waals surface area contributed by atoms with E-state index in [0.717, 1.165) is 18.4 Å². The maximum Gasteiger partial charge on any atom is 0.303 e. The maximum absolute atomic E-state index is 10.7. The van der Waals surface area contributed by atoms with Crippen LogP contribution in [0, 0.1) is 17.8 Å². The number of carboxylic acids is 1. The highest BCUT2D eigenvalue weighted by Gasteiger charge is 2.43. The van der Waals surface area contributed by atoms with Crippen LogP contribution in [-0.2, 0) is 4.79 Å². The molecule has 6 nitrogen and oxygen atoms in total. The summed E-state index contributed by atoms with van der Waals surface area (Å²) in [6.07, 6.45) is 8.27. The van der Waals surface area contributed by atoms with E-state index in [1.54, 1.807) is 12.1 Å². The second-order valence-electron chi connectivity index (χ2n) is 6.77. The molecular weight excluding hydrogens is 318 g/mol. The predicted octanol–water partition coefficient (Wildman–Crippen LogP) is 4.45. The van der Waals surface area contributed by atoms with Gasteiger partial charge < -0.3 is 10.2 Å². The molecule has 0 aliphatic heterocycles. The van der Waals surface area contributed by atoms with Gasteiger partial charge in [-0.25, -0.2) is 0 Å². The van der Waals surface area contributed by atoms with E-state index in [1.807, 2.05) is 18.2 Å². The molecule has 0 aromatic heterocycles. The Labute approximate surface area is 146 Å². The molecule has 1 saturated carbocycles. The summed E-state index contributed by atoms with van der Waals surface area (Å²) in [6, 6.07) is 7.28. The molecule has 0 heterocycles. The zero-order chi connectivity index (χ0) is 17.8. The van der Waals surface area contributed by atoms with Crippen LogP contribution in [-0.4, -0.2) is 22.3 Å². The zero-order valence-corrected chi connectivity index (χ0v) is 13.8. The number of hydrogen-bond acceptors (Lipinski definition) is 3. The molecule has 2 aliphatic carbocycles. The highest BCUT2D eigenvalue weighted by Crippen LogP contribution is 2.48. The number of aliphatic carboxylic acids is 1. The van der Waals surface area contributed by atoms with Crippen molar-refractivity contribution < 1.29 is 15.0 Å². The smallest absolute Gasteiger partial charge is 0.303 e. The maximum atomic E-state index is 10.7. The topological polar surface area (TPSA) is 106 Å². The van der Waals surface area contributed by atoms with Crippen molar-refractivity contribution in [1.82, 2.24) is 0 Å². The molecule has 0 bridgehead atoms. The number of carbonyl (C=O) groups is 1. The Balaban J connectivity index is 1.65. The first-order chi connectivity index (χ1) is 12.1. The van der Waals surface area contributed by atoms with Gasteiger partial charge in [-0.2, -0.15) is 0 Å². The van der Waals surface area contributed by atoms with Crippen LogP contribution in [0.3, 0.4) is 0 Å². The Morgan fingerprint density at radius 2 is 2.12 bits per heavy atom. The van der Waals surface area contributed by atoms with Gasteiger partial charge in [0.25, 0.3) is 0 Å². The van der Waals surface area contributed by atoms with Crippen molar-refractivity contribution in [3.63, 3.8) is 0 Å². The molecule has 0 saturated heterocycles. The summed E-state index contributed by atoms with van der Waals surface area (Å²) < 4.78 is 0. The van der Waals surface area contributed by atoms with Crippen molar-refractivity contribution in [2.24, 2.45) is 22.9 Å². The van der Waals surface area contributed by atoms with E-state index in [9.17, 15) is 9.90 Å². The summed E-state index contributed by atoms with van der Waals surface area (Å²) >= 11 is 0. The van der Waals surface area contributed by atoms with E-state index in [1.165, 1.54) is 5.57 Å². The molecule has 0 unspecified atom stereocenters. The number of allylic oxidation sites excluding steroid dienone is 2. The highest BCUT2D eigenvalue weighted by molar-refractivity contribution is 5.67. The van der Waals surface area contributed by atoms with Crippen LogP contribution in [0.5, 0.6) is 0 Å². The van der Waals surface area contributed by atoms with Gasteiger partial charge in [-0.1, -0.05) is 53.2 Å². The standard InChI is InChI=1S/C19H21N3O3/c20-22-21-15-5-1-12(2-6-15)3-7-16-17-10-13(4-8-19(24)25)9-14(17)11-18(16)23/h1-3,5-7,9,14,16-18,23H,4,8,10-11H2,(H,24,25)/b7-3+/t14-,16+,17-,18+/m0/s1. The minimum Gasteiger partial charge on any atom is -0.481 e. The molecule has 2 N–H and O–H groups in total. The molecule has 0 radical (unpaired) electrons. The van der Waals surface area contributed by atoms with Crippen LogP contribution in [0.25, 0.3) is 16.5 Å². The molecule has 1 aromatic rings. The third-order valence-electron chi connectivity index (χ3n) is 5.17. The van der Waals surface area contributed by atoms with Crippen molar-refractivity contribution in [1.29, 1.82) is 0 Å². The summed E-state index contributed by atoms with van der Waals surface area (Å²) in [5.41, 5.74) is 11.2. The Morgan fingerprint density at radius 1 is 1.36 bits per heavy atom. The van der Waals surface area contributed by atoms with Gasteiger partial charge in [-0.3, -0.25) is 4.79 Å². The molecule has 3 rings (SSSR count). The summed E-state index contributed by atoms with van der Waals surface area (Å²) in [5.74, 6) is 0.0253. The number of aliphatic hydroxyl groups excluding tert-OH is 1. The molecule has 2 aliphatic rings. The lowest BCUT2D eigenvalue weighted by atomic mass is 9.88. The zero-order valence-electron chi connectivity index (χ0n) is 13.8. The van der Waals surface area contributed by atoms with Gasteiger partial charge in [-0.05, 0) is 42.2 Å². The van der Waals surface area contributed by atoms with Gasteiger partial charge in [0, 0.05) is 22.9 Å². The SMILES string of the molecule is [N-]=[N+]=Nc1ccc(/C=C/[C@@H]2[C@H]3CC(CCC(=O)O)=C[C@H]3C[C@H]2O)cc1. The molecule has 0 amide bonds. The number of rotatable bonds is 6. The van der Waals surface area contributed by atoms with E-state index in [4.69, 9.17) is 10.6 Å². The Kier molecular flexibility index (Phi) is 5.22. The van der Waals surface area contributed by atoms with Gasteiger partial charge in [0.2, 0.25) is 0 Å². The largest absolute Gasteiger partial charge is 0.481 e. The molecule has 4 atom stereocenters. The molecule has 130 valence electrons. The van der Waals surface area contributed by atoms with Crippen LogP contribution in [0.1, 0.15) is 31.2 Å². The lowest BCUT2D eigenvalue weighted by molar-refractivity contribution is -0.136. The summed E-state index contributed by atoms with van der Waals surface area (Å²) in [7, 11) is 0. The van der Waals surface area contributed by atoms with E-state index in [0.29, 0.717) is 23.9 Å². The quantitative estimate of drug-likeness (QED) is 0.346. The number of carboxylic acid groups (broad SMARTS) is 1. The van der Waals surface area contributed by atoms with Crippen molar-refractivity contribution in [3.05, 3.63) is 58.0 Å². The van der Waals surface area contributed by atoms with Crippen LogP contribution in [0.4, 0.5) is 5.69 Å². The lowest BCUT2D eigenvalue weighted by Crippen LogP contribution is -2.17. The third-order valence-corrected chi connectivity index (χ3v) is 5.17. The predicted molar refractivity (Wildman–Crippen MR) is 94.9 cm³/mol. The number of azide groups is 1. The second kappa shape index (κ2) is 7.55. The molecule has 0 spiro atoms. The van der Waals surface area contributed by atoms with Crippen LogP contribution >= 0.6 is 0 Å². The number of nitrogens with zero attached hydrogens (tertiary/aromatic N) is 3. The van der Waals surface area contributed by atoms with Crippen LogP contribution in [0.15, 0.2) is 47.1 Å². The highest BCUT2D eigenvalue weighted by atomic mass is 16.4. The second-order valence-corrected chi connectivity index (χ2v) is 6.77. The normalized spacial score (nSPS) is 27.8. The molecule has 25 heavy (non-hydrogen) atoms. The van der Waals surface area contributed by atoms with E-state index in [-0.39, 0.29) is 18.4 Å². The average molecular weight is 339 g/mol. The van der Waals surface area contributed by atoms with Gasteiger partial charge in [0.05, 0.1) is 6.10 Å². The molecular formula is C19H21N3O3. The molecule has 1 aromatic carbocycles. The fourth-order valence-corrected chi connectivity index (χ4v) is 3.98. The van der Waals surface area contributed by atoms with E-state index >= 15 is 0 Å². The molecule has 1 fully saturated rings. The lowest BCUT2D eigenvalue weighted by Gasteiger charge is -2.18. The first-order valence-electron chi connectivity index (χ1n) is 8.49. The third kappa shape index (κ3) is 4.10. The first-order valence-corrected chi connectivity index (χ1v) is 8.49. The summed E-state index contributed by atoms with van der Waals surface area (Å²) in [5, 5.41) is 22.7. The first kappa shape index (κ1) is 17.3. The van der Waals surface area contributed by atoms with E-state index in [2.05, 4.69) is 22.2 Å². The van der Waals surface area contributed by atoms with Crippen LogP contribution < -0.4 is 0 Å².